The SMILES string of the molecule is CCNC(CCOCC(F)(F)F)Cc1ccc(CC)cc1. The Morgan fingerprint density at radius 1 is 1.10 bits per heavy atom. The average molecular weight is 303 g/mol. The quantitative estimate of drug-likeness (QED) is 0.702. The Hall–Kier alpha value is -1.07. The van der Waals surface area contributed by atoms with E-state index in [1.165, 1.54) is 11.1 Å². The second kappa shape index (κ2) is 9.05. The second-order valence-electron chi connectivity index (χ2n) is 5.09. The van der Waals surface area contributed by atoms with Crippen LogP contribution in [-0.4, -0.2) is 32.0 Å². The molecule has 120 valence electrons. The first-order chi connectivity index (χ1) is 9.94. The van der Waals surface area contributed by atoms with Gasteiger partial charge in [-0.15, -0.1) is 0 Å². The number of hydrogen-bond donors (Lipinski definition) is 1. The highest BCUT2D eigenvalue weighted by Crippen LogP contribution is 2.15. The summed E-state index contributed by atoms with van der Waals surface area (Å²) in [5, 5.41) is 3.30. The van der Waals surface area contributed by atoms with Gasteiger partial charge in [-0.3, -0.25) is 0 Å². The minimum absolute atomic E-state index is 0.115. The van der Waals surface area contributed by atoms with Crippen LogP contribution in [-0.2, 0) is 17.6 Å². The average Bonchev–Trinajstić information content (AvgIpc) is 2.43. The minimum Gasteiger partial charge on any atom is -0.372 e. The van der Waals surface area contributed by atoms with Crippen molar-refractivity contribution in [1.29, 1.82) is 0 Å². The number of hydrogen-bond acceptors (Lipinski definition) is 2. The van der Waals surface area contributed by atoms with Crippen LogP contribution in [0, 0.1) is 0 Å². The number of benzene rings is 1. The lowest BCUT2D eigenvalue weighted by Crippen LogP contribution is -2.32. The summed E-state index contributed by atoms with van der Waals surface area (Å²) in [5.74, 6) is 0. The van der Waals surface area contributed by atoms with Gasteiger partial charge in [0.2, 0.25) is 0 Å². The summed E-state index contributed by atoms with van der Waals surface area (Å²) in [7, 11) is 0. The molecule has 0 aliphatic heterocycles. The van der Waals surface area contributed by atoms with E-state index in [2.05, 4.69) is 41.2 Å². The fourth-order valence-electron chi connectivity index (χ4n) is 2.17. The molecular weight excluding hydrogens is 279 g/mol. The maximum Gasteiger partial charge on any atom is 0.411 e. The summed E-state index contributed by atoms with van der Waals surface area (Å²) < 4.78 is 40.7. The first-order valence-corrected chi connectivity index (χ1v) is 7.40. The molecule has 0 bridgehead atoms. The molecule has 0 fully saturated rings. The number of alkyl halides is 3. The molecule has 21 heavy (non-hydrogen) atoms. The molecule has 2 nitrogen and oxygen atoms in total. The van der Waals surface area contributed by atoms with E-state index in [4.69, 9.17) is 0 Å². The summed E-state index contributed by atoms with van der Waals surface area (Å²) in [6.45, 7) is 3.83. The zero-order chi connectivity index (χ0) is 15.7. The van der Waals surface area contributed by atoms with E-state index in [-0.39, 0.29) is 12.6 Å². The molecule has 1 aromatic rings. The Bertz CT molecular complexity index is 390. The Morgan fingerprint density at radius 2 is 1.71 bits per heavy atom. The van der Waals surface area contributed by atoms with Crippen LogP contribution < -0.4 is 5.32 Å². The van der Waals surface area contributed by atoms with Crippen molar-refractivity contribution in [2.24, 2.45) is 0 Å². The maximum absolute atomic E-state index is 12.0. The van der Waals surface area contributed by atoms with E-state index >= 15 is 0 Å². The van der Waals surface area contributed by atoms with Crippen LogP contribution in [0.3, 0.4) is 0 Å². The molecule has 0 aliphatic carbocycles. The largest absolute Gasteiger partial charge is 0.411 e. The van der Waals surface area contributed by atoms with Crippen LogP contribution in [0.2, 0.25) is 0 Å². The summed E-state index contributed by atoms with van der Waals surface area (Å²) in [4.78, 5) is 0. The van der Waals surface area contributed by atoms with Gasteiger partial charge in [-0.1, -0.05) is 38.1 Å². The van der Waals surface area contributed by atoms with E-state index in [0.717, 1.165) is 19.4 Å². The van der Waals surface area contributed by atoms with Crippen molar-refractivity contribution in [2.45, 2.75) is 45.3 Å². The van der Waals surface area contributed by atoms with Gasteiger partial charge in [-0.25, -0.2) is 0 Å². The summed E-state index contributed by atoms with van der Waals surface area (Å²) in [5.41, 5.74) is 2.47. The fraction of sp³-hybridized carbons (Fsp3) is 0.625. The molecule has 0 aliphatic rings. The molecule has 1 aromatic carbocycles. The number of rotatable bonds is 9. The Balaban J connectivity index is 2.41. The van der Waals surface area contributed by atoms with Crippen LogP contribution in [0.25, 0.3) is 0 Å². The van der Waals surface area contributed by atoms with Crippen LogP contribution in [0.15, 0.2) is 24.3 Å². The van der Waals surface area contributed by atoms with Gasteiger partial charge < -0.3 is 10.1 Å². The number of nitrogens with one attached hydrogen (secondary N) is 1. The highest BCUT2D eigenvalue weighted by atomic mass is 19.4. The molecule has 1 rings (SSSR count). The van der Waals surface area contributed by atoms with Crippen molar-refractivity contribution >= 4 is 0 Å². The molecule has 1 N–H and O–H groups in total. The van der Waals surface area contributed by atoms with E-state index < -0.39 is 12.8 Å². The maximum atomic E-state index is 12.0. The highest BCUT2D eigenvalue weighted by molar-refractivity contribution is 5.23. The molecule has 0 aromatic heterocycles. The lowest BCUT2D eigenvalue weighted by Gasteiger charge is -2.18. The van der Waals surface area contributed by atoms with Gasteiger partial charge >= 0.3 is 6.18 Å². The van der Waals surface area contributed by atoms with E-state index in [9.17, 15) is 13.2 Å². The predicted molar refractivity (Wildman–Crippen MR) is 78.5 cm³/mol. The van der Waals surface area contributed by atoms with E-state index in [1.54, 1.807) is 0 Å². The van der Waals surface area contributed by atoms with Crippen LogP contribution in [0.1, 0.15) is 31.4 Å². The zero-order valence-electron chi connectivity index (χ0n) is 12.7. The van der Waals surface area contributed by atoms with Crippen LogP contribution in [0.5, 0.6) is 0 Å². The van der Waals surface area contributed by atoms with Gasteiger partial charge in [0, 0.05) is 12.6 Å². The number of halogens is 3. The zero-order valence-corrected chi connectivity index (χ0v) is 12.7. The summed E-state index contributed by atoms with van der Waals surface area (Å²) >= 11 is 0. The first-order valence-electron chi connectivity index (χ1n) is 7.40. The molecule has 0 radical (unpaired) electrons. The monoisotopic (exact) mass is 303 g/mol. The number of ether oxygens (including phenoxy) is 1. The standard InChI is InChI=1S/C16H24F3NO/c1-3-13-5-7-14(8-6-13)11-15(20-4-2)9-10-21-12-16(17,18)19/h5-8,15,20H,3-4,9-12H2,1-2H3. The van der Waals surface area contributed by atoms with Gasteiger partial charge in [0.1, 0.15) is 6.61 Å². The fourth-order valence-corrected chi connectivity index (χ4v) is 2.17. The third kappa shape index (κ3) is 8.07. The lowest BCUT2D eigenvalue weighted by atomic mass is 10.0. The van der Waals surface area contributed by atoms with Crippen molar-refractivity contribution in [2.75, 3.05) is 19.8 Å². The Labute approximate surface area is 124 Å². The van der Waals surface area contributed by atoms with Crippen molar-refractivity contribution in [3.05, 3.63) is 35.4 Å². The third-order valence-electron chi connectivity index (χ3n) is 3.28. The number of aryl methyl sites for hydroxylation is 1. The highest BCUT2D eigenvalue weighted by Gasteiger charge is 2.27. The summed E-state index contributed by atoms with van der Waals surface area (Å²) in [6.07, 6.45) is -1.88. The molecule has 0 saturated heterocycles. The van der Waals surface area contributed by atoms with Crippen molar-refractivity contribution in [1.82, 2.24) is 5.32 Å². The lowest BCUT2D eigenvalue weighted by molar-refractivity contribution is -0.174. The van der Waals surface area contributed by atoms with Gasteiger partial charge in [0.25, 0.3) is 0 Å². The number of likely N-dealkylation sites (N-methyl/N-ethyl adjacent to an activating group) is 1. The minimum atomic E-state index is -4.25. The van der Waals surface area contributed by atoms with Crippen molar-refractivity contribution in [3.8, 4) is 0 Å². The molecular formula is C16H24F3NO. The van der Waals surface area contributed by atoms with Gasteiger partial charge in [-0.2, -0.15) is 13.2 Å². The van der Waals surface area contributed by atoms with E-state index in [0.29, 0.717) is 6.42 Å². The van der Waals surface area contributed by atoms with Crippen molar-refractivity contribution in [3.63, 3.8) is 0 Å². The normalized spacial score (nSPS) is 13.4. The molecule has 0 heterocycles. The molecule has 0 spiro atoms. The Kier molecular flexibility index (Phi) is 7.75. The van der Waals surface area contributed by atoms with Crippen LogP contribution >= 0.6 is 0 Å². The predicted octanol–water partition coefficient (Wildman–Crippen LogP) is 3.74. The Morgan fingerprint density at radius 3 is 2.24 bits per heavy atom. The topological polar surface area (TPSA) is 21.3 Å². The molecule has 1 atom stereocenters. The van der Waals surface area contributed by atoms with E-state index in [1.807, 2.05) is 6.92 Å². The molecule has 1 unspecified atom stereocenters. The smallest absolute Gasteiger partial charge is 0.372 e. The second-order valence-corrected chi connectivity index (χ2v) is 5.09. The van der Waals surface area contributed by atoms with Gasteiger partial charge in [0.05, 0.1) is 0 Å². The van der Waals surface area contributed by atoms with Crippen LogP contribution in [0.4, 0.5) is 13.2 Å². The summed E-state index contributed by atoms with van der Waals surface area (Å²) in [6, 6.07) is 8.49. The molecule has 5 heteroatoms. The van der Waals surface area contributed by atoms with Gasteiger partial charge in [-0.05, 0) is 36.9 Å². The molecule has 0 amide bonds. The van der Waals surface area contributed by atoms with Gasteiger partial charge in [0.15, 0.2) is 0 Å². The van der Waals surface area contributed by atoms with Crippen molar-refractivity contribution < 1.29 is 17.9 Å². The first kappa shape index (κ1) is 18.0. The third-order valence-corrected chi connectivity index (χ3v) is 3.28. The molecule has 0 saturated carbocycles.